The van der Waals surface area contributed by atoms with Gasteiger partial charge in [0.05, 0.1) is 24.8 Å². The fraction of sp³-hybridized carbons (Fsp3) is 0.310. The van der Waals surface area contributed by atoms with Crippen LogP contribution in [0.4, 0.5) is 5.69 Å². The predicted octanol–water partition coefficient (Wildman–Crippen LogP) is 3.84. The molecule has 10 heteroatoms. The van der Waals surface area contributed by atoms with Crippen LogP contribution in [0.3, 0.4) is 0 Å². The molecule has 0 aliphatic heterocycles. The van der Waals surface area contributed by atoms with E-state index < -0.39 is 28.5 Å². The van der Waals surface area contributed by atoms with E-state index >= 15 is 0 Å². The van der Waals surface area contributed by atoms with Gasteiger partial charge in [0.15, 0.2) is 0 Å². The third-order valence-electron chi connectivity index (χ3n) is 6.18. The van der Waals surface area contributed by atoms with Gasteiger partial charge in [0.1, 0.15) is 24.1 Å². The highest BCUT2D eigenvalue weighted by Crippen LogP contribution is 2.35. The van der Waals surface area contributed by atoms with Crippen LogP contribution in [0.2, 0.25) is 0 Å². The second kappa shape index (κ2) is 13.7. The smallest absolute Gasteiger partial charge is 0.264 e. The summed E-state index contributed by atoms with van der Waals surface area (Å²) in [5.74, 6) is -0.244. The van der Waals surface area contributed by atoms with Crippen LogP contribution in [0.1, 0.15) is 25.8 Å². The summed E-state index contributed by atoms with van der Waals surface area (Å²) in [6.07, 6.45) is 0.740. The van der Waals surface area contributed by atoms with E-state index in [1.165, 1.54) is 37.3 Å². The molecule has 2 amide bonds. The summed E-state index contributed by atoms with van der Waals surface area (Å²) < 4.78 is 39.7. The number of methoxy groups -OCH3 is 2. The van der Waals surface area contributed by atoms with Crippen LogP contribution in [0.25, 0.3) is 0 Å². The molecule has 0 heterocycles. The number of nitrogens with zero attached hydrogens (tertiary/aromatic N) is 2. The normalized spacial score (nSPS) is 11.8. The van der Waals surface area contributed by atoms with Gasteiger partial charge >= 0.3 is 0 Å². The molecule has 0 aromatic heterocycles. The summed E-state index contributed by atoms with van der Waals surface area (Å²) in [6, 6.07) is 21.0. The highest BCUT2D eigenvalue weighted by Gasteiger charge is 2.34. The maximum atomic E-state index is 14.0. The highest BCUT2D eigenvalue weighted by molar-refractivity contribution is 7.92. The van der Waals surface area contributed by atoms with E-state index in [-0.39, 0.29) is 28.8 Å². The number of nitrogens with one attached hydrogen (secondary N) is 1. The zero-order valence-corrected chi connectivity index (χ0v) is 23.5. The highest BCUT2D eigenvalue weighted by atomic mass is 32.2. The van der Waals surface area contributed by atoms with Gasteiger partial charge in [0, 0.05) is 19.2 Å². The number of carbonyl (C=O) groups is 2. The zero-order chi connectivity index (χ0) is 28.4. The van der Waals surface area contributed by atoms with E-state index in [2.05, 4.69) is 5.32 Å². The fourth-order valence-electron chi connectivity index (χ4n) is 3.98. The van der Waals surface area contributed by atoms with Crippen molar-refractivity contribution in [3.8, 4) is 11.5 Å². The molecular formula is C29H35N3O6S. The SMILES string of the molecule is CCCNC(=O)C(C)N(Cc1ccccc1)C(=O)CN(c1cc(OC)ccc1OC)S(=O)(=O)c1ccccc1. The standard InChI is InChI=1S/C29H35N3O6S/c1-5-18-30-29(34)22(2)31(20-23-12-8-6-9-13-23)28(33)21-32(39(35,36)25-14-10-7-11-15-25)26-19-24(37-3)16-17-27(26)38-4/h6-17,19,22H,5,18,20-21H2,1-4H3,(H,30,34). The van der Waals surface area contributed by atoms with Gasteiger partial charge < -0.3 is 19.7 Å². The summed E-state index contributed by atoms with van der Waals surface area (Å²) in [6.45, 7) is 3.58. The Kier molecular flexibility index (Phi) is 10.3. The number of hydrogen-bond donors (Lipinski definition) is 1. The van der Waals surface area contributed by atoms with Crippen molar-refractivity contribution in [2.75, 3.05) is 31.6 Å². The average Bonchev–Trinajstić information content (AvgIpc) is 2.97. The van der Waals surface area contributed by atoms with Gasteiger partial charge in [-0.25, -0.2) is 8.42 Å². The van der Waals surface area contributed by atoms with E-state index in [0.717, 1.165) is 16.3 Å². The Balaban J connectivity index is 2.08. The van der Waals surface area contributed by atoms with Crippen molar-refractivity contribution in [3.05, 3.63) is 84.4 Å². The lowest BCUT2D eigenvalue weighted by atomic mass is 10.1. The lowest BCUT2D eigenvalue weighted by Crippen LogP contribution is -2.51. The van der Waals surface area contributed by atoms with Crippen LogP contribution in [0, 0.1) is 0 Å². The molecule has 0 radical (unpaired) electrons. The minimum atomic E-state index is -4.22. The predicted molar refractivity (Wildman–Crippen MR) is 150 cm³/mol. The molecule has 3 aromatic carbocycles. The van der Waals surface area contributed by atoms with Crippen LogP contribution < -0.4 is 19.1 Å². The Hall–Kier alpha value is -4.05. The molecule has 1 unspecified atom stereocenters. The van der Waals surface area contributed by atoms with Crippen LogP contribution >= 0.6 is 0 Å². The number of carbonyl (C=O) groups excluding carboxylic acids is 2. The zero-order valence-electron chi connectivity index (χ0n) is 22.7. The average molecular weight is 554 g/mol. The molecule has 1 atom stereocenters. The molecule has 39 heavy (non-hydrogen) atoms. The van der Waals surface area contributed by atoms with Gasteiger partial charge in [-0.1, -0.05) is 55.5 Å². The van der Waals surface area contributed by atoms with Gasteiger partial charge in [-0.3, -0.25) is 13.9 Å². The van der Waals surface area contributed by atoms with Gasteiger partial charge in [0.25, 0.3) is 10.0 Å². The number of rotatable bonds is 13. The van der Waals surface area contributed by atoms with Crippen LogP contribution in [-0.4, -0.2) is 58.5 Å². The Bertz CT molecular complexity index is 1350. The van der Waals surface area contributed by atoms with Crippen LogP contribution in [0.15, 0.2) is 83.8 Å². The van der Waals surface area contributed by atoms with Crippen molar-refractivity contribution in [2.45, 2.75) is 37.8 Å². The van der Waals surface area contributed by atoms with Crippen LogP contribution in [0.5, 0.6) is 11.5 Å². The molecule has 0 saturated carbocycles. The lowest BCUT2D eigenvalue weighted by Gasteiger charge is -2.32. The minimum Gasteiger partial charge on any atom is -0.497 e. The van der Waals surface area contributed by atoms with Crippen molar-refractivity contribution in [3.63, 3.8) is 0 Å². The molecule has 0 bridgehead atoms. The van der Waals surface area contributed by atoms with Crippen molar-refractivity contribution in [2.24, 2.45) is 0 Å². The molecule has 9 nitrogen and oxygen atoms in total. The molecular weight excluding hydrogens is 518 g/mol. The molecule has 3 rings (SSSR count). The number of benzene rings is 3. The number of sulfonamides is 1. The summed E-state index contributed by atoms with van der Waals surface area (Å²) in [5, 5.41) is 2.83. The van der Waals surface area contributed by atoms with Crippen molar-refractivity contribution < 1.29 is 27.5 Å². The Morgan fingerprint density at radius 1 is 0.923 bits per heavy atom. The second-order valence-corrected chi connectivity index (χ2v) is 10.7. The molecule has 0 fully saturated rings. The number of amides is 2. The van der Waals surface area contributed by atoms with Gasteiger partial charge in [-0.05, 0) is 43.2 Å². The summed E-state index contributed by atoms with van der Waals surface area (Å²) in [7, 11) is -1.34. The largest absolute Gasteiger partial charge is 0.497 e. The van der Waals surface area contributed by atoms with Crippen molar-refractivity contribution >= 4 is 27.5 Å². The quantitative estimate of drug-likeness (QED) is 0.345. The molecule has 0 aliphatic rings. The third kappa shape index (κ3) is 7.29. The van der Waals surface area contributed by atoms with Crippen LogP contribution in [-0.2, 0) is 26.2 Å². The Morgan fingerprint density at radius 3 is 2.15 bits per heavy atom. The first-order valence-electron chi connectivity index (χ1n) is 12.6. The second-order valence-electron chi connectivity index (χ2n) is 8.84. The monoisotopic (exact) mass is 553 g/mol. The van der Waals surface area contributed by atoms with E-state index in [9.17, 15) is 18.0 Å². The lowest BCUT2D eigenvalue weighted by molar-refractivity contribution is -0.139. The van der Waals surface area contributed by atoms with E-state index in [1.807, 2.05) is 37.3 Å². The maximum absolute atomic E-state index is 14.0. The first kappa shape index (κ1) is 29.5. The van der Waals surface area contributed by atoms with Gasteiger partial charge in [-0.2, -0.15) is 0 Å². The van der Waals surface area contributed by atoms with Crippen molar-refractivity contribution in [1.82, 2.24) is 10.2 Å². The third-order valence-corrected chi connectivity index (χ3v) is 7.95. The molecule has 3 aromatic rings. The topological polar surface area (TPSA) is 105 Å². The maximum Gasteiger partial charge on any atom is 0.264 e. The number of hydrogen-bond acceptors (Lipinski definition) is 6. The van der Waals surface area contributed by atoms with E-state index in [4.69, 9.17) is 9.47 Å². The molecule has 0 saturated heterocycles. The van der Waals surface area contributed by atoms with Crippen molar-refractivity contribution in [1.29, 1.82) is 0 Å². The van der Waals surface area contributed by atoms with Gasteiger partial charge in [0.2, 0.25) is 11.8 Å². The molecule has 0 aliphatic carbocycles. The summed E-state index contributed by atoms with van der Waals surface area (Å²) in [4.78, 5) is 28.3. The van der Waals surface area contributed by atoms with E-state index in [1.54, 1.807) is 37.3 Å². The molecule has 0 spiro atoms. The Labute approximate surface area is 230 Å². The van der Waals surface area contributed by atoms with E-state index in [0.29, 0.717) is 12.3 Å². The Morgan fingerprint density at radius 2 is 1.56 bits per heavy atom. The first-order chi connectivity index (χ1) is 18.7. The summed E-state index contributed by atoms with van der Waals surface area (Å²) in [5.41, 5.74) is 0.939. The fourth-order valence-corrected chi connectivity index (χ4v) is 5.42. The summed E-state index contributed by atoms with van der Waals surface area (Å²) >= 11 is 0. The molecule has 208 valence electrons. The minimum absolute atomic E-state index is 0.00557. The first-order valence-corrected chi connectivity index (χ1v) is 14.1. The van der Waals surface area contributed by atoms with Gasteiger partial charge in [-0.15, -0.1) is 0 Å². The number of ether oxygens (including phenoxy) is 2. The number of anilines is 1. The molecule has 1 N–H and O–H groups in total.